The van der Waals surface area contributed by atoms with Gasteiger partial charge >= 0.3 is 0 Å². The zero-order chi connectivity index (χ0) is 17.7. The van der Waals surface area contributed by atoms with E-state index in [1.165, 1.54) is 13.0 Å². The van der Waals surface area contributed by atoms with Crippen molar-refractivity contribution in [1.29, 1.82) is 0 Å². The molecule has 1 aliphatic rings. The lowest BCUT2D eigenvalue weighted by atomic mass is 10.0. The summed E-state index contributed by atoms with van der Waals surface area (Å²) in [5.74, 6) is -2.63. The van der Waals surface area contributed by atoms with E-state index in [2.05, 4.69) is 10.6 Å². The van der Waals surface area contributed by atoms with E-state index in [0.717, 1.165) is 25.0 Å². The second-order valence-corrected chi connectivity index (χ2v) is 6.30. The van der Waals surface area contributed by atoms with Crippen LogP contribution in [0.15, 0.2) is 18.2 Å². The van der Waals surface area contributed by atoms with Crippen molar-refractivity contribution in [3.8, 4) is 0 Å². The summed E-state index contributed by atoms with van der Waals surface area (Å²) in [6.45, 7) is 1.31. The largest absolute Gasteiger partial charge is 0.388 e. The fourth-order valence-corrected chi connectivity index (χ4v) is 3.04. The normalized spacial score (nSPS) is 17.3. The van der Waals surface area contributed by atoms with Crippen LogP contribution in [0.25, 0.3) is 0 Å². The first-order valence-electron chi connectivity index (χ1n) is 8.01. The Kier molecular flexibility index (Phi) is 5.88. The third-order valence-corrected chi connectivity index (χ3v) is 4.26. The summed E-state index contributed by atoms with van der Waals surface area (Å²) in [5, 5.41) is 15.2. The lowest BCUT2D eigenvalue weighted by Gasteiger charge is -2.24. The van der Waals surface area contributed by atoms with E-state index in [1.54, 1.807) is 0 Å². The molecule has 0 aromatic heterocycles. The van der Waals surface area contributed by atoms with Crippen molar-refractivity contribution in [3.63, 3.8) is 0 Å². The molecule has 0 radical (unpaired) electrons. The van der Waals surface area contributed by atoms with Crippen LogP contribution < -0.4 is 10.6 Å². The molecule has 0 aliphatic heterocycles. The Hall–Kier alpha value is -2.02. The van der Waals surface area contributed by atoms with E-state index in [-0.39, 0.29) is 18.5 Å². The minimum Gasteiger partial charge on any atom is -0.388 e. The van der Waals surface area contributed by atoms with Gasteiger partial charge in [0.1, 0.15) is 11.6 Å². The Bertz CT molecular complexity index is 596. The SMILES string of the molecule is CC(=O)NC(CC(=O)NCC1(O)CCCC1)c1c(F)cccc1F. The van der Waals surface area contributed by atoms with Gasteiger partial charge in [0.25, 0.3) is 0 Å². The van der Waals surface area contributed by atoms with Crippen LogP contribution in [0.3, 0.4) is 0 Å². The quantitative estimate of drug-likeness (QED) is 0.741. The molecule has 1 unspecified atom stereocenters. The average Bonchev–Trinajstić information content (AvgIpc) is 2.92. The van der Waals surface area contributed by atoms with Crippen LogP contribution in [0, 0.1) is 11.6 Å². The van der Waals surface area contributed by atoms with Crippen molar-refractivity contribution >= 4 is 11.8 Å². The molecule has 24 heavy (non-hydrogen) atoms. The Morgan fingerprint density at radius 1 is 1.25 bits per heavy atom. The highest BCUT2D eigenvalue weighted by molar-refractivity contribution is 5.79. The molecule has 2 amide bonds. The Morgan fingerprint density at radius 2 is 1.83 bits per heavy atom. The van der Waals surface area contributed by atoms with E-state index in [1.807, 2.05) is 0 Å². The summed E-state index contributed by atoms with van der Waals surface area (Å²) >= 11 is 0. The first kappa shape index (κ1) is 18.3. The maximum atomic E-state index is 13.9. The topological polar surface area (TPSA) is 78.4 Å². The second kappa shape index (κ2) is 7.70. The molecule has 0 heterocycles. The van der Waals surface area contributed by atoms with Crippen molar-refractivity contribution in [1.82, 2.24) is 10.6 Å². The Balaban J connectivity index is 2.05. The summed E-state index contributed by atoms with van der Waals surface area (Å²) in [6.07, 6.45) is 2.73. The molecule has 1 aromatic carbocycles. The fourth-order valence-electron chi connectivity index (χ4n) is 3.04. The smallest absolute Gasteiger partial charge is 0.222 e. The predicted molar refractivity (Wildman–Crippen MR) is 84.0 cm³/mol. The van der Waals surface area contributed by atoms with Gasteiger partial charge in [-0.25, -0.2) is 8.78 Å². The molecule has 0 spiro atoms. The van der Waals surface area contributed by atoms with Crippen molar-refractivity contribution in [2.45, 2.75) is 50.7 Å². The summed E-state index contributed by atoms with van der Waals surface area (Å²) in [4.78, 5) is 23.4. The van der Waals surface area contributed by atoms with Gasteiger partial charge in [0.2, 0.25) is 11.8 Å². The lowest BCUT2D eigenvalue weighted by molar-refractivity contribution is -0.123. The zero-order valence-corrected chi connectivity index (χ0v) is 13.6. The van der Waals surface area contributed by atoms with Crippen molar-refractivity contribution in [3.05, 3.63) is 35.4 Å². The first-order valence-corrected chi connectivity index (χ1v) is 8.01. The van der Waals surface area contributed by atoms with Gasteiger partial charge in [-0.1, -0.05) is 18.9 Å². The number of hydrogen-bond donors (Lipinski definition) is 3. The molecule has 1 fully saturated rings. The van der Waals surface area contributed by atoms with Crippen LogP contribution in [0.2, 0.25) is 0 Å². The molecular weight excluding hydrogens is 318 g/mol. The van der Waals surface area contributed by atoms with Crippen LogP contribution >= 0.6 is 0 Å². The second-order valence-electron chi connectivity index (χ2n) is 6.30. The number of halogens is 2. The lowest BCUT2D eigenvalue weighted by Crippen LogP contribution is -2.42. The van der Waals surface area contributed by atoms with Gasteiger partial charge in [-0.3, -0.25) is 9.59 Å². The molecule has 1 aliphatic carbocycles. The molecular formula is C17H22F2N2O3. The van der Waals surface area contributed by atoms with Crippen molar-refractivity contribution < 1.29 is 23.5 Å². The van der Waals surface area contributed by atoms with Gasteiger partial charge in [-0.2, -0.15) is 0 Å². The van der Waals surface area contributed by atoms with Crippen molar-refractivity contribution in [2.24, 2.45) is 0 Å². The van der Waals surface area contributed by atoms with E-state index < -0.39 is 35.1 Å². The number of rotatable bonds is 6. The molecule has 1 aromatic rings. The first-order chi connectivity index (χ1) is 11.3. The third-order valence-electron chi connectivity index (χ3n) is 4.26. The Labute approximate surface area is 139 Å². The number of amides is 2. The van der Waals surface area contributed by atoms with Crippen molar-refractivity contribution in [2.75, 3.05) is 6.54 Å². The number of benzene rings is 1. The van der Waals surface area contributed by atoms with Crippen LogP contribution in [-0.2, 0) is 9.59 Å². The number of nitrogens with one attached hydrogen (secondary N) is 2. The Morgan fingerprint density at radius 3 is 2.38 bits per heavy atom. The van der Waals surface area contributed by atoms with E-state index >= 15 is 0 Å². The molecule has 5 nitrogen and oxygen atoms in total. The van der Waals surface area contributed by atoms with Gasteiger partial charge in [0.05, 0.1) is 18.1 Å². The van der Waals surface area contributed by atoms with Crippen LogP contribution in [0.4, 0.5) is 8.78 Å². The summed E-state index contributed by atoms with van der Waals surface area (Å²) in [5.41, 5.74) is -1.26. The summed E-state index contributed by atoms with van der Waals surface area (Å²) < 4.78 is 27.9. The molecule has 0 bridgehead atoms. The van der Waals surface area contributed by atoms with Crippen LogP contribution in [0.5, 0.6) is 0 Å². The summed E-state index contributed by atoms with van der Waals surface area (Å²) in [7, 11) is 0. The number of aliphatic hydroxyl groups is 1. The number of hydrogen-bond acceptors (Lipinski definition) is 3. The van der Waals surface area contributed by atoms with Gasteiger partial charge in [0, 0.05) is 19.0 Å². The van der Waals surface area contributed by atoms with Crippen LogP contribution in [-0.4, -0.2) is 29.1 Å². The van der Waals surface area contributed by atoms with E-state index in [9.17, 15) is 23.5 Å². The molecule has 1 saturated carbocycles. The van der Waals surface area contributed by atoms with E-state index in [0.29, 0.717) is 12.8 Å². The fraction of sp³-hybridized carbons (Fsp3) is 0.529. The maximum absolute atomic E-state index is 13.9. The van der Waals surface area contributed by atoms with Crippen LogP contribution in [0.1, 0.15) is 50.6 Å². The predicted octanol–water partition coefficient (Wildman–Crippen LogP) is 1.95. The monoisotopic (exact) mass is 340 g/mol. The highest BCUT2D eigenvalue weighted by Crippen LogP contribution is 2.29. The number of carbonyl (C=O) groups excluding carboxylic acids is 2. The molecule has 1 atom stereocenters. The highest BCUT2D eigenvalue weighted by atomic mass is 19.1. The van der Waals surface area contributed by atoms with Gasteiger partial charge in [-0.05, 0) is 25.0 Å². The molecule has 2 rings (SSSR count). The highest BCUT2D eigenvalue weighted by Gasteiger charge is 2.32. The number of carbonyl (C=O) groups is 2. The van der Waals surface area contributed by atoms with Gasteiger partial charge < -0.3 is 15.7 Å². The minimum atomic E-state index is -1.11. The molecule has 132 valence electrons. The minimum absolute atomic E-state index is 0.0956. The average molecular weight is 340 g/mol. The summed E-state index contributed by atoms with van der Waals surface area (Å²) in [6, 6.07) is 2.26. The van der Waals surface area contributed by atoms with Gasteiger partial charge in [0.15, 0.2) is 0 Å². The standard InChI is InChI=1S/C17H22F2N2O3/c1-11(22)21-14(16-12(18)5-4-6-13(16)19)9-15(23)20-10-17(24)7-2-3-8-17/h4-6,14,24H,2-3,7-10H2,1H3,(H,20,23)(H,21,22). The maximum Gasteiger partial charge on any atom is 0.222 e. The third kappa shape index (κ3) is 4.74. The molecule has 0 saturated heterocycles. The molecule has 7 heteroatoms. The zero-order valence-electron chi connectivity index (χ0n) is 13.6. The van der Waals surface area contributed by atoms with E-state index in [4.69, 9.17) is 0 Å². The molecule has 3 N–H and O–H groups in total. The van der Waals surface area contributed by atoms with Gasteiger partial charge in [-0.15, -0.1) is 0 Å².